The maximum Gasteiger partial charge on any atom is 0.323 e. The first kappa shape index (κ1) is 13.5. The Morgan fingerprint density at radius 1 is 1.75 bits per heavy atom. The smallest absolute Gasteiger partial charge is 0.323 e. The summed E-state index contributed by atoms with van der Waals surface area (Å²) in [6.07, 6.45) is 2.10. The van der Waals surface area contributed by atoms with Gasteiger partial charge in [0.15, 0.2) is 0 Å². The Bertz CT molecular complexity index is 385. The second-order valence-electron chi connectivity index (χ2n) is 3.61. The van der Waals surface area contributed by atoms with Gasteiger partial charge in [0.1, 0.15) is 10.6 Å². The first-order chi connectivity index (χ1) is 7.43. The molecule has 0 bridgehead atoms. The minimum atomic E-state index is -1.17. The van der Waals surface area contributed by atoms with E-state index in [1.165, 1.54) is 18.7 Å². The van der Waals surface area contributed by atoms with Crippen molar-refractivity contribution in [3.8, 4) is 0 Å². The summed E-state index contributed by atoms with van der Waals surface area (Å²) in [5, 5.41) is 9.68. The Labute approximate surface area is 107 Å². The van der Waals surface area contributed by atoms with Crippen LogP contribution < -0.4 is 5.73 Å². The van der Waals surface area contributed by atoms with E-state index in [9.17, 15) is 4.79 Å². The van der Waals surface area contributed by atoms with Crippen LogP contribution in [-0.4, -0.2) is 27.4 Å². The molecule has 1 atom stereocenters. The molecule has 1 heterocycles. The molecule has 1 unspecified atom stereocenters. The van der Waals surface area contributed by atoms with Crippen LogP contribution in [0.25, 0.3) is 0 Å². The van der Waals surface area contributed by atoms with Gasteiger partial charge >= 0.3 is 5.97 Å². The van der Waals surface area contributed by atoms with E-state index in [0.717, 1.165) is 9.50 Å². The number of nitrogens with zero attached hydrogens (tertiary/aromatic N) is 1. The molecule has 88 valence electrons. The fourth-order valence-electron chi connectivity index (χ4n) is 0.944. The van der Waals surface area contributed by atoms with E-state index in [0.29, 0.717) is 12.2 Å². The molecule has 0 amide bonds. The number of carbonyl (C=O) groups is 1. The number of hydrogen-bond acceptors (Lipinski definition) is 4. The lowest BCUT2D eigenvalue weighted by molar-refractivity contribution is -0.142. The summed E-state index contributed by atoms with van der Waals surface area (Å²) in [7, 11) is 0. The van der Waals surface area contributed by atoms with Gasteiger partial charge in [-0.3, -0.25) is 4.79 Å². The predicted octanol–water partition coefficient (Wildman–Crippen LogP) is 2.13. The van der Waals surface area contributed by atoms with E-state index in [-0.39, 0.29) is 0 Å². The lowest BCUT2D eigenvalue weighted by atomic mass is 10.0. The highest BCUT2D eigenvalue weighted by molar-refractivity contribution is 9.10. The summed E-state index contributed by atoms with van der Waals surface area (Å²) in [4.78, 5) is 14.9. The Morgan fingerprint density at radius 2 is 2.44 bits per heavy atom. The van der Waals surface area contributed by atoms with Crippen molar-refractivity contribution in [2.75, 3.05) is 5.75 Å². The van der Waals surface area contributed by atoms with Gasteiger partial charge in [-0.1, -0.05) is 0 Å². The highest BCUT2D eigenvalue weighted by Gasteiger charge is 2.27. The summed E-state index contributed by atoms with van der Waals surface area (Å²) in [5.41, 5.74) is 4.44. The molecule has 0 radical (unpaired) electrons. The van der Waals surface area contributed by atoms with E-state index in [4.69, 9.17) is 10.8 Å². The fourth-order valence-corrected chi connectivity index (χ4v) is 2.60. The third-order valence-corrected chi connectivity index (χ3v) is 3.98. The number of rotatable bonds is 5. The minimum Gasteiger partial charge on any atom is -0.480 e. The van der Waals surface area contributed by atoms with Crippen LogP contribution in [0.5, 0.6) is 0 Å². The van der Waals surface area contributed by atoms with Gasteiger partial charge in [0.2, 0.25) is 0 Å². The Balaban J connectivity index is 2.48. The number of pyridine rings is 1. The van der Waals surface area contributed by atoms with Crippen LogP contribution in [0.2, 0.25) is 0 Å². The van der Waals surface area contributed by atoms with E-state index in [2.05, 4.69) is 20.9 Å². The van der Waals surface area contributed by atoms with E-state index < -0.39 is 11.5 Å². The topological polar surface area (TPSA) is 76.2 Å². The molecule has 1 rings (SSSR count). The number of aliphatic carboxylic acids is 1. The fraction of sp³-hybridized carbons (Fsp3) is 0.400. The number of carboxylic acid groups (broad SMARTS) is 1. The molecule has 6 heteroatoms. The van der Waals surface area contributed by atoms with Crippen molar-refractivity contribution in [1.82, 2.24) is 4.98 Å². The first-order valence-corrected chi connectivity index (χ1v) is 6.47. The molecule has 0 aliphatic heterocycles. The quantitative estimate of drug-likeness (QED) is 0.815. The van der Waals surface area contributed by atoms with Crippen LogP contribution in [0, 0.1) is 0 Å². The van der Waals surface area contributed by atoms with E-state index >= 15 is 0 Å². The molecule has 0 aliphatic carbocycles. The average Bonchev–Trinajstić information content (AvgIpc) is 2.20. The number of halogens is 1. The van der Waals surface area contributed by atoms with Gasteiger partial charge in [-0.05, 0) is 41.4 Å². The van der Waals surface area contributed by atoms with Crippen molar-refractivity contribution < 1.29 is 9.90 Å². The number of aromatic nitrogens is 1. The molecule has 0 aliphatic rings. The van der Waals surface area contributed by atoms with Crippen LogP contribution in [0.3, 0.4) is 0 Å². The zero-order chi connectivity index (χ0) is 12.2. The number of nitrogens with two attached hydrogens (primary N) is 1. The largest absolute Gasteiger partial charge is 0.480 e. The number of thioether (sulfide) groups is 1. The third-order valence-electron chi connectivity index (χ3n) is 2.07. The number of hydrogen-bond donors (Lipinski definition) is 2. The number of carboxylic acids is 1. The highest BCUT2D eigenvalue weighted by atomic mass is 79.9. The van der Waals surface area contributed by atoms with Crippen LogP contribution in [-0.2, 0) is 4.79 Å². The van der Waals surface area contributed by atoms with Gasteiger partial charge in [0.05, 0.1) is 0 Å². The predicted molar refractivity (Wildman–Crippen MR) is 67.5 cm³/mol. The molecule has 4 nitrogen and oxygen atoms in total. The second-order valence-corrected chi connectivity index (χ2v) is 5.55. The molecule has 0 saturated carbocycles. The van der Waals surface area contributed by atoms with Crippen molar-refractivity contribution in [3.63, 3.8) is 0 Å². The van der Waals surface area contributed by atoms with E-state index in [1.54, 1.807) is 6.20 Å². The molecule has 3 N–H and O–H groups in total. The minimum absolute atomic E-state index is 0.399. The van der Waals surface area contributed by atoms with Crippen LogP contribution in [0.1, 0.15) is 13.3 Å². The zero-order valence-corrected chi connectivity index (χ0v) is 11.2. The lowest BCUT2D eigenvalue weighted by Crippen LogP contribution is -2.45. The molecular formula is C10H13BrN2O2S. The molecule has 1 aromatic heterocycles. The summed E-state index contributed by atoms with van der Waals surface area (Å²) in [5.74, 6) is -0.359. The van der Waals surface area contributed by atoms with E-state index in [1.807, 2.05) is 12.1 Å². The Kier molecular flexibility index (Phi) is 4.76. The summed E-state index contributed by atoms with van der Waals surface area (Å²) in [6.45, 7) is 1.52. The maximum absolute atomic E-state index is 10.8. The second kappa shape index (κ2) is 5.65. The SMILES string of the molecule is CC(N)(CCSc1ncccc1Br)C(=O)O. The molecular weight excluding hydrogens is 292 g/mol. The van der Waals surface area contributed by atoms with Gasteiger partial charge in [-0.15, -0.1) is 11.8 Å². The maximum atomic E-state index is 10.8. The van der Waals surface area contributed by atoms with Gasteiger partial charge in [0, 0.05) is 16.4 Å². The van der Waals surface area contributed by atoms with Crippen molar-refractivity contribution in [2.45, 2.75) is 23.9 Å². The molecule has 0 aromatic carbocycles. The van der Waals surface area contributed by atoms with Gasteiger partial charge in [0.25, 0.3) is 0 Å². The average molecular weight is 305 g/mol. The van der Waals surface area contributed by atoms with Gasteiger partial charge in [-0.2, -0.15) is 0 Å². The standard InChI is InChI=1S/C10H13BrN2O2S/c1-10(12,9(14)15)4-6-16-8-7(11)3-2-5-13-8/h2-3,5H,4,6,12H2,1H3,(H,14,15). The Hall–Kier alpha value is -0.590. The van der Waals surface area contributed by atoms with Crippen molar-refractivity contribution in [1.29, 1.82) is 0 Å². The van der Waals surface area contributed by atoms with Crippen LogP contribution in [0.4, 0.5) is 0 Å². The molecule has 0 saturated heterocycles. The first-order valence-electron chi connectivity index (χ1n) is 4.69. The molecule has 0 spiro atoms. The monoisotopic (exact) mass is 304 g/mol. The summed E-state index contributed by atoms with van der Waals surface area (Å²) >= 11 is 4.86. The normalized spacial score (nSPS) is 14.4. The van der Waals surface area contributed by atoms with Crippen LogP contribution in [0.15, 0.2) is 27.8 Å². The molecule has 16 heavy (non-hydrogen) atoms. The third kappa shape index (κ3) is 3.77. The van der Waals surface area contributed by atoms with Crippen molar-refractivity contribution >= 4 is 33.7 Å². The molecule has 0 fully saturated rings. The van der Waals surface area contributed by atoms with Gasteiger partial charge in [-0.25, -0.2) is 4.98 Å². The van der Waals surface area contributed by atoms with Crippen LogP contribution >= 0.6 is 27.7 Å². The highest BCUT2D eigenvalue weighted by Crippen LogP contribution is 2.26. The molecule has 1 aromatic rings. The van der Waals surface area contributed by atoms with Crippen molar-refractivity contribution in [2.24, 2.45) is 5.73 Å². The lowest BCUT2D eigenvalue weighted by Gasteiger charge is -2.18. The summed E-state index contributed by atoms with van der Waals surface area (Å²) in [6, 6.07) is 3.73. The Morgan fingerprint density at radius 3 is 3.00 bits per heavy atom. The summed E-state index contributed by atoms with van der Waals surface area (Å²) < 4.78 is 0.911. The van der Waals surface area contributed by atoms with Gasteiger partial charge < -0.3 is 10.8 Å². The van der Waals surface area contributed by atoms with Crippen molar-refractivity contribution in [3.05, 3.63) is 22.8 Å². The zero-order valence-electron chi connectivity index (χ0n) is 8.81.